The smallest absolute Gasteiger partial charge is 0.550 e. The molecule has 2 atom stereocenters. The zero-order valence-corrected chi connectivity index (χ0v) is 51.5. The van der Waals surface area contributed by atoms with Gasteiger partial charge in [-0.3, -0.25) is 9.59 Å². The Morgan fingerprint density at radius 1 is 0.260 bits per heavy atom. The number of hydrogen-bond donors (Lipinski definition) is 0. The Labute approximate surface area is 483 Å². The molecule has 0 N–H and O–H groups in total. The zero-order chi connectivity index (χ0) is 53.1. The molecule has 2 unspecified atom stereocenters. The van der Waals surface area contributed by atoms with Crippen molar-refractivity contribution in [1.29, 1.82) is 0 Å². The number of hydrogen-bond acceptors (Lipinski definition) is 8. The van der Waals surface area contributed by atoms with Crippen molar-refractivity contribution in [3.63, 3.8) is 0 Å². The molecule has 0 heterocycles. The van der Waals surface area contributed by atoms with Gasteiger partial charge in [0.15, 0.2) is 0 Å². The van der Waals surface area contributed by atoms with Crippen molar-refractivity contribution in [1.82, 2.24) is 0 Å². The number of carboxylic acids is 2. The summed E-state index contributed by atoms with van der Waals surface area (Å²) in [5, 5.41) is 21.5. The quantitative estimate of drug-likeness (QED) is 0.0334. The number of rotatable bonds is 58. The summed E-state index contributed by atoms with van der Waals surface area (Å²) in [6.45, 7) is 9.03. The summed E-state index contributed by atoms with van der Waals surface area (Å²) in [5.41, 5.74) is 0. The van der Waals surface area contributed by atoms with Gasteiger partial charge < -0.3 is 29.3 Å². The standard InChI is InChI=1S/2C32H62O4.Ca/c2*1-3-5-7-9-11-13-15-17-19-21-23-26-30(27-25-28-31(33)34)36-32(35)29-24-22-20-18-16-14-12-10-8-6-4-2;/h2*30H,3-29H2,1-2H3,(H,33,34);/q;;+2/p-2. The van der Waals surface area contributed by atoms with Crippen LogP contribution in [0, 0.1) is 0 Å². The van der Waals surface area contributed by atoms with Crippen LogP contribution in [0.25, 0.3) is 0 Å². The van der Waals surface area contributed by atoms with Crippen molar-refractivity contribution in [3.8, 4) is 0 Å². The van der Waals surface area contributed by atoms with Crippen LogP contribution in [-0.4, -0.2) is 73.8 Å². The summed E-state index contributed by atoms with van der Waals surface area (Å²) in [6, 6.07) is 0. The van der Waals surface area contributed by atoms with Crippen molar-refractivity contribution < 1.29 is 38.9 Å². The van der Waals surface area contributed by atoms with Crippen LogP contribution in [0.4, 0.5) is 0 Å². The van der Waals surface area contributed by atoms with Gasteiger partial charge in [0.25, 0.3) is 0 Å². The minimum Gasteiger partial charge on any atom is -0.550 e. The maximum absolute atomic E-state index is 12.4. The minimum absolute atomic E-state index is 0. The third kappa shape index (κ3) is 67.2. The zero-order valence-electron chi connectivity index (χ0n) is 49.3. The summed E-state index contributed by atoms with van der Waals surface area (Å²) >= 11 is 0. The number of esters is 2. The maximum Gasteiger partial charge on any atom is 2.00 e. The molecule has 73 heavy (non-hydrogen) atoms. The molecule has 0 aliphatic rings. The first-order chi connectivity index (χ1) is 35.2. The van der Waals surface area contributed by atoms with E-state index in [-0.39, 0.29) is 74.7 Å². The van der Waals surface area contributed by atoms with Crippen LogP contribution in [0.5, 0.6) is 0 Å². The van der Waals surface area contributed by atoms with Crippen LogP contribution < -0.4 is 10.2 Å². The molecular weight excluding hydrogens is 937 g/mol. The molecule has 0 amide bonds. The average molecular weight is 1060 g/mol. The second-order valence-corrected chi connectivity index (χ2v) is 22.0. The molecule has 428 valence electrons. The number of carboxylic acid groups (broad SMARTS) is 2. The monoisotopic (exact) mass is 1060 g/mol. The van der Waals surface area contributed by atoms with Gasteiger partial charge in [0.05, 0.1) is 0 Å². The second-order valence-electron chi connectivity index (χ2n) is 22.0. The number of ether oxygens (including phenoxy) is 2. The van der Waals surface area contributed by atoms with Crippen molar-refractivity contribution >= 4 is 61.6 Å². The van der Waals surface area contributed by atoms with E-state index in [1.165, 1.54) is 244 Å². The molecule has 0 aromatic heterocycles. The maximum atomic E-state index is 12.4. The van der Waals surface area contributed by atoms with E-state index in [0.717, 1.165) is 51.4 Å². The van der Waals surface area contributed by atoms with Gasteiger partial charge in [0.1, 0.15) is 12.2 Å². The Bertz CT molecular complexity index is 1050. The van der Waals surface area contributed by atoms with E-state index in [4.69, 9.17) is 9.47 Å². The van der Waals surface area contributed by atoms with Gasteiger partial charge in [-0.05, 0) is 77.0 Å². The van der Waals surface area contributed by atoms with Gasteiger partial charge in [-0.25, -0.2) is 0 Å². The molecule has 0 aromatic rings. The normalized spacial score (nSPS) is 11.9. The van der Waals surface area contributed by atoms with Crippen LogP contribution in [-0.2, 0) is 28.7 Å². The molecule has 0 aliphatic carbocycles. The van der Waals surface area contributed by atoms with Gasteiger partial charge in [0.2, 0.25) is 0 Å². The summed E-state index contributed by atoms with van der Waals surface area (Å²) < 4.78 is 11.5. The molecule has 0 radical (unpaired) electrons. The Balaban J connectivity index is -0.00000132. The van der Waals surface area contributed by atoms with Crippen LogP contribution in [0.2, 0.25) is 0 Å². The largest absolute Gasteiger partial charge is 2.00 e. The van der Waals surface area contributed by atoms with Gasteiger partial charge in [-0.1, -0.05) is 285 Å². The van der Waals surface area contributed by atoms with Crippen LogP contribution in [0.15, 0.2) is 0 Å². The molecule has 8 nitrogen and oxygen atoms in total. The predicted octanol–water partition coefficient (Wildman–Crippen LogP) is 18.1. The Hall–Kier alpha value is -0.860. The molecule has 0 saturated heterocycles. The first kappa shape index (κ1) is 76.4. The van der Waals surface area contributed by atoms with E-state index in [2.05, 4.69) is 27.7 Å². The summed E-state index contributed by atoms with van der Waals surface area (Å²) in [7, 11) is 0. The van der Waals surface area contributed by atoms with Crippen molar-refractivity contribution in [2.24, 2.45) is 0 Å². The summed E-state index contributed by atoms with van der Waals surface area (Å²) in [5.74, 6) is -2.24. The minimum atomic E-state index is -1.02. The number of aliphatic carboxylic acids is 2. The van der Waals surface area contributed by atoms with Crippen LogP contribution in [0.1, 0.15) is 374 Å². The van der Waals surface area contributed by atoms with E-state index in [0.29, 0.717) is 38.5 Å². The topological polar surface area (TPSA) is 133 Å². The molecular formula is C64H122CaO8. The van der Waals surface area contributed by atoms with Crippen molar-refractivity contribution in [2.45, 2.75) is 387 Å². The number of unbranched alkanes of at least 4 members (excludes halogenated alkanes) is 40. The molecule has 9 heteroatoms. The van der Waals surface area contributed by atoms with Gasteiger partial charge in [-0.15, -0.1) is 0 Å². The van der Waals surface area contributed by atoms with Gasteiger partial charge in [-0.2, -0.15) is 0 Å². The van der Waals surface area contributed by atoms with Crippen molar-refractivity contribution in [2.75, 3.05) is 0 Å². The van der Waals surface area contributed by atoms with E-state index in [1.54, 1.807) is 0 Å². The van der Waals surface area contributed by atoms with Gasteiger partial charge in [0, 0.05) is 24.8 Å². The molecule has 0 spiro atoms. The fraction of sp³-hybridized carbons (Fsp3) is 0.938. The third-order valence-corrected chi connectivity index (χ3v) is 14.6. The van der Waals surface area contributed by atoms with E-state index in [1.807, 2.05) is 0 Å². The Kier molecular flexibility index (Phi) is 68.4. The number of carbonyl (C=O) groups is 4. The Morgan fingerprint density at radius 3 is 0.644 bits per heavy atom. The predicted molar refractivity (Wildman–Crippen MR) is 308 cm³/mol. The SMILES string of the molecule is CCCCCCCCCCCCCC(=O)OC(CCCCCCCCCCCCC)CCCC(=O)[O-].CCCCCCCCCCCCCC(=O)OC(CCCCCCCCCCCCC)CCCC(=O)[O-].[Ca+2]. The molecule has 0 fully saturated rings. The average Bonchev–Trinajstić information content (AvgIpc) is 3.35. The van der Waals surface area contributed by atoms with E-state index >= 15 is 0 Å². The molecule has 0 aliphatic heterocycles. The molecule has 0 bridgehead atoms. The molecule has 0 saturated carbocycles. The molecule has 0 rings (SSSR count). The fourth-order valence-corrected chi connectivity index (χ4v) is 9.90. The van der Waals surface area contributed by atoms with E-state index in [9.17, 15) is 29.4 Å². The van der Waals surface area contributed by atoms with Crippen LogP contribution in [0.3, 0.4) is 0 Å². The first-order valence-electron chi connectivity index (χ1n) is 32.0. The second kappa shape index (κ2) is 65.4. The van der Waals surface area contributed by atoms with Gasteiger partial charge >= 0.3 is 49.7 Å². The Morgan fingerprint density at radius 2 is 0.438 bits per heavy atom. The summed E-state index contributed by atoms with van der Waals surface area (Å²) in [6.07, 6.45) is 61.2. The number of carbonyl (C=O) groups excluding carboxylic acids is 4. The summed E-state index contributed by atoms with van der Waals surface area (Å²) in [4.78, 5) is 46.3. The van der Waals surface area contributed by atoms with E-state index < -0.39 is 11.9 Å². The van der Waals surface area contributed by atoms with Crippen molar-refractivity contribution in [3.05, 3.63) is 0 Å². The third-order valence-electron chi connectivity index (χ3n) is 14.6. The molecule has 0 aromatic carbocycles. The first-order valence-corrected chi connectivity index (χ1v) is 32.0. The van der Waals surface area contributed by atoms with Crippen LogP contribution >= 0.6 is 0 Å². The fourth-order valence-electron chi connectivity index (χ4n) is 9.90.